The predicted octanol–water partition coefficient (Wildman–Crippen LogP) is 2.94. The normalized spacial score (nSPS) is 18.1. The standard InChI is InChI=1S/C14H17BrF2N2O/c1-14(18-2)3-5-19(6-4-14)13(20)12-10(16)7-9(15)8-11(12)17/h7-8,18H,3-6H2,1-2H3. The third kappa shape index (κ3) is 3.01. The summed E-state index contributed by atoms with van der Waals surface area (Å²) >= 11 is 3.00. The third-order valence-electron chi connectivity index (χ3n) is 3.98. The van der Waals surface area contributed by atoms with E-state index in [4.69, 9.17) is 0 Å². The molecule has 0 saturated carbocycles. The Balaban J connectivity index is 2.18. The van der Waals surface area contributed by atoms with E-state index < -0.39 is 23.1 Å². The van der Waals surface area contributed by atoms with Crippen molar-refractivity contribution in [2.24, 2.45) is 0 Å². The molecule has 0 spiro atoms. The molecule has 110 valence electrons. The highest BCUT2D eigenvalue weighted by molar-refractivity contribution is 9.10. The molecule has 6 heteroatoms. The zero-order valence-electron chi connectivity index (χ0n) is 11.5. The van der Waals surface area contributed by atoms with Gasteiger partial charge >= 0.3 is 0 Å². The summed E-state index contributed by atoms with van der Waals surface area (Å²) in [7, 11) is 1.88. The molecule has 1 heterocycles. The molecule has 1 aromatic carbocycles. The van der Waals surface area contributed by atoms with Crippen LogP contribution in [0.3, 0.4) is 0 Å². The molecule has 0 atom stereocenters. The van der Waals surface area contributed by atoms with Gasteiger partial charge in [-0.25, -0.2) is 8.78 Å². The molecule has 1 aliphatic heterocycles. The maximum Gasteiger partial charge on any atom is 0.259 e. The minimum absolute atomic E-state index is 0.0203. The van der Waals surface area contributed by atoms with Crippen LogP contribution in [-0.4, -0.2) is 36.5 Å². The lowest BCUT2D eigenvalue weighted by Gasteiger charge is -2.39. The number of rotatable bonds is 2. The zero-order chi connectivity index (χ0) is 14.9. The molecule has 0 aliphatic carbocycles. The second-order valence-corrected chi connectivity index (χ2v) is 6.26. The number of nitrogens with one attached hydrogen (secondary N) is 1. The van der Waals surface area contributed by atoms with Crippen molar-refractivity contribution in [3.05, 3.63) is 33.8 Å². The van der Waals surface area contributed by atoms with Crippen molar-refractivity contribution in [1.29, 1.82) is 0 Å². The Morgan fingerprint density at radius 1 is 1.30 bits per heavy atom. The number of hydrogen-bond donors (Lipinski definition) is 1. The zero-order valence-corrected chi connectivity index (χ0v) is 13.1. The molecule has 0 radical (unpaired) electrons. The number of hydrogen-bond acceptors (Lipinski definition) is 2. The fraction of sp³-hybridized carbons (Fsp3) is 0.500. The molecule has 1 N–H and O–H groups in total. The van der Waals surface area contributed by atoms with Gasteiger partial charge in [-0.3, -0.25) is 4.79 Å². The number of benzene rings is 1. The molecule has 1 amide bonds. The summed E-state index contributed by atoms with van der Waals surface area (Å²) in [6.07, 6.45) is 1.52. The van der Waals surface area contributed by atoms with Gasteiger partial charge in [-0.2, -0.15) is 0 Å². The van der Waals surface area contributed by atoms with Crippen LogP contribution in [0.15, 0.2) is 16.6 Å². The van der Waals surface area contributed by atoms with Crippen molar-refractivity contribution >= 4 is 21.8 Å². The number of carbonyl (C=O) groups is 1. The monoisotopic (exact) mass is 346 g/mol. The largest absolute Gasteiger partial charge is 0.338 e. The van der Waals surface area contributed by atoms with Crippen LogP contribution in [0.25, 0.3) is 0 Å². The lowest BCUT2D eigenvalue weighted by atomic mass is 9.89. The van der Waals surface area contributed by atoms with E-state index in [1.54, 1.807) is 0 Å². The average Bonchev–Trinajstić information content (AvgIpc) is 2.38. The summed E-state index contributed by atoms with van der Waals surface area (Å²) in [5, 5.41) is 3.22. The average molecular weight is 347 g/mol. The van der Waals surface area contributed by atoms with Crippen molar-refractivity contribution in [2.75, 3.05) is 20.1 Å². The summed E-state index contributed by atoms with van der Waals surface area (Å²) < 4.78 is 27.9. The van der Waals surface area contributed by atoms with Crippen LogP contribution in [0.4, 0.5) is 8.78 Å². The van der Waals surface area contributed by atoms with E-state index in [-0.39, 0.29) is 10.0 Å². The highest BCUT2D eigenvalue weighted by atomic mass is 79.9. The summed E-state index contributed by atoms with van der Waals surface area (Å²) in [4.78, 5) is 13.8. The van der Waals surface area contributed by atoms with Crippen molar-refractivity contribution in [2.45, 2.75) is 25.3 Å². The third-order valence-corrected chi connectivity index (χ3v) is 4.44. The molecule has 20 heavy (non-hydrogen) atoms. The molecule has 0 unspecified atom stereocenters. The van der Waals surface area contributed by atoms with Crippen molar-refractivity contribution in [1.82, 2.24) is 10.2 Å². The van der Waals surface area contributed by atoms with Crippen LogP contribution in [0, 0.1) is 11.6 Å². The Hall–Kier alpha value is -1.01. The highest BCUT2D eigenvalue weighted by Gasteiger charge is 2.32. The topological polar surface area (TPSA) is 32.3 Å². The minimum Gasteiger partial charge on any atom is -0.338 e. The van der Waals surface area contributed by atoms with E-state index in [0.717, 1.165) is 25.0 Å². The predicted molar refractivity (Wildman–Crippen MR) is 76.7 cm³/mol. The maximum absolute atomic E-state index is 13.8. The Bertz CT molecular complexity index is 505. The molecule has 0 bridgehead atoms. The van der Waals surface area contributed by atoms with Gasteiger partial charge in [0.1, 0.15) is 17.2 Å². The fourth-order valence-electron chi connectivity index (χ4n) is 2.36. The van der Waals surface area contributed by atoms with Crippen LogP contribution < -0.4 is 5.32 Å². The van der Waals surface area contributed by atoms with E-state index in [0.29, 0.717) is 13.1 Å². The first-order valence-corrected chi connectivity index (χ1v) is 7.28. The van der Waals surface area contributed by atoms with Gasteiger partial charge in [-0.05, 0) is 38.9 Å². The molecule has 1 aromatic rings. The molecule has 1 fully saturated rings. The lowest BCUT2D eigenvalue weighted by molar-refractivity contribution is 0.0652. The number of nitrogens with zero attached hydrogens (tertiary/aromatic N) is 1. The van der Waals surface area contributed by atoms with Gasteiger partial charge < -0.3 is 10.2 Å². The van der Waals surface area contributed by atoms with Gasteiger partial charge in [0, 0.05) is 23.1 Å². The Labute approximate surface area is 125 Å². The van der Waals surface area contributed by atoms with E-state index in [1.165, 1.54) is 4.90 Å². The molecular weight excluding hydrogens is 330 g/mol. The molecular formula is C14H17BrF2N2O. The molecule has 0 aromatic heterocycles. The summed E-state index contributed by atoms with van der Waals surface area (Å²) in [6, 6.07) is 2.22. The minimum atomic E-state index is -0.830. The van der Waals surface area contributed by atoms with Crippen molar-refractivity contribution in [3.63, 3.8) is 0 Å². The second-order valence-electron chi connectivity index (χ2n) is 5.35. The van der Waals surface area contributed by atoms with Crippen molar-refractivity contribution < 1.29 is 13.6 Å². The van der Waals surface area contributed by atoms with Crippen LogP contribution in [-0.2, 0) is 0 Å². The smallest absolute Gasteiger partial charge is 0.259 e. The van der Waals surface area contributed by atoms with Crippen molar-refractivity contribution in [3.8, 4) is 0 Å². The van der Waals surface area contributed by atoms with Crippen LogP contribution in [0.2, 0.25) is 0 Å². The maximum atomic E-state index is 13.8. The quantitative estimate of drug-likeness (QED) is 0.892. The van der Waals surface area contributed by atoms with Crippen LogP contribution in [0.1, 0.15) is 30.1 Å². The summed E-state index contributed by atoms with van der Waals surface area (Å²) in [5.74, 6) is -2.24. The first-order valence-electron chi connectivity index (χ1n) is 6.49. The van der Waals surface area contributed by atoms with E-state index in [2.05, 4.69) is 28.2 Å². The fourth-order valence-corrected chi connectivity index (χ4v) is 2.76. The van der Waals surface area contributed by atoms with Gasteiger partial charge in [0.25, 0.3) is 5.91 Å². The lowest BCUT2D eigenvalue weighted by Crippen LogP contribution is -2.51. The molecule has 2 rings (SSSR count). The van der Waals surface area contributed by atoms with Gasteiger partial charge in [0.15, 0.2) is 0 Å². The van der Waals surface area contributed by atoms with Gasteiger partial charge in [0.2, 0.25) is 0 Å². The van der Waals surface area contributed by atoms with Gasteiger partial charge in [-0.1, -0.05) is 15.9 Å². The van der Waals surface area contributed by atoms with E-state index in [1.807, 2.05) is 7.05 Å². The first kappa shape index (κ1) is 15.4. The number of likely N-dealkylation sites (tertiary alicyclic amines) is 1. The SMILES string of the molecule is CNC1(C)CCN(C(=O)c2c(F)cc(Br)cc2F)CC1. The van der Waals surface area contributed by atoms with Crippen LogP contribution in [0.5, 0.6) is 0 Å². The number of halogens is 3. The Morgan fingerprint density at radius 2 is 1.80 bits per heavy atom. The Morgan fingerprint density at radius 3 is 2.25 bits per heavy atom. The van der Waals surface area contributed by atoms with E-state index >= 15 is 0 Å². The van der Waals surface area contributed by atoms with Crippen LogP contribution >= 0.6 is 15.9 Å². The second kappa shape index (κ2) is 5.77. The Kier molecular flexibility index (Phi) is 4.44. The van der Waals surface area contributed by atoms with Gasteiger partial charge in [-0.15, -0.1) is 0 Å². The summed E-state index contributed by atoms with van der Waals surface area (Å²) in [6.45, 7) is 3.06. The number of piperidine rings is 1. The van der Waals surface area contributed by atoms with E-state index in [9.17, 15) is 13.6 Å². The van der Waals surface area contributed by atoms with Gasteiger partial charge in [0.05, 0.1) is 0 Å². The molecule has 3 nitrogen and oxygen atoms in total. The number of carbonyl (C=O) groups excluding carboxylic acids is 1. The summed E-state index contributed by atoms with van der Waals surface area (Å²) in [5.41, 5.74) is -0.491. The molecule has 1 aliphatic rings. The number of amides is 1. The highest BCUT2D eigenvalue weighted by Crippen LogP contribution is 2.25. The molecule has 1 saturated heterocycles. The first-order chi connectivity index (χ1) is 9.36.